The van der Waals surface area contributed by atoms with Gasteiger partial charge >= 0.3 is 0 Å². The van der Waals surface area contributed by atoms with E-state index in [0.717, 1.165) is 17.4 Å². The number of nitro benzene ring substituents is 1. The van der Waals surface area contributed by atoms with Crippen molar-refractivity contribution in [2.75, 3.05) is 13.2 Å². The van der Waals surface area contributed by atoms with Crippen LogP contribution in [0.2, 0.25) is 5.02 Å². The minimum absolute atomic E-state index is 0.0382. The van der Waals surface area contributed by atoms with Crippen molar-refractivity contribution in [2.24, 2.45) is 0 Å². The molecule has 0 radical (unpaired) electrons. The SMILES string of the molecule is Cc1cccc(OCCNC(=O)c2ccc([N+](=O)[O-])cc2Cl)c1. The number of nitro groups is 1. The predicted molar refractivity (Wildman–Crippen MR) is 87.1 cm³/mol. The molecule has 0 aliphatic rings. The van der Waals surface area contributed by atoms with Gasteiger partial charge in [0.1, 0.15) is 12.4 Å². The maximum Gasteiger partial charge on any atom is 0.270 e. The summed E-state index contributed by atoms with van der Waals surface area (Å²) in [6.45, 7) is 2.56. The van der Waals surface area contributed by atoms with E-state index in [1.807, 2.05) is 31.2 Å². The second-order valence-electron chi connectivity index (χ2n) is 4.84. The van der Waals surface area contributed by atoms with E-state index >= 15 is 0 Å². The van der Waals surface area contributed by atoms with Gasteiger partial charge < -0.3 is 10.1 Å². The molecule has 0 bridgehead atoms. The van der Waals surface area contributed by atoms with Crippen LogP contribution in [0.15, 0.2) is 42.5 Å². The third-order valence-corrected chi connectivity index (χ3v) is 3.37. The summed E-state index contributed by atoms with van der Waals surface area (Å²) in [6.07, 6.45) is 0. The molecule has 0 unspecified atom stereocenters. The van der Waals surface area contributed by atoms with Crippen molar-refractivity contribution in [3.8, 4) is 5.75 Å². The van der Waals surface area contributed by atoms with E-state index in [4.69, 9.17) is 16.3 Å². The summed E-state index contributed by atoms with van der Waals surface area (Å²) in [5, 5.41) is 13.3. The second kappa shape index (κ2) is 7.60. The number of hydrogen-bond acceptors (Lipinski definition) is 4. The fraction of sp³-hybridized carbons (Fsp3) is 0.188. The van der Waals surface area contributed by atoms with Crippen LogP contribution >= 0.6 is 11.6 Å². The van der Waals surface area contributed by atoms with Crippen molar-refractivity contribution in [3.63, 3.8) is 0 Å². The Bertz CT molecular complexity index is 734. The average molecular weight is 335 g/mol. The van der Waals surface area contributed by atoms with Gasteiger partial charge in [0.05, 0.1) is 22.1 Å². The molecule has 120 valence electrons. The van der Waals surface area contributed by atoms with E-state index in [1.165, 1.54) is 12.1 Å². The summed E-state index contributed by atoms with van der Waals surface area (Å²) < 4.78 is 5.52. The fourth-order valence-electron chi connectivity index (χ4n) is 1.94. The second-order valence-corrected chi connectivity index (χ2v) is 5.25. The largest absolute Gasteiger partial charge is 0.492 e. The summed E-state index contributed by atoms with van der Waals surface area (Å²) in [4.78, 5) is 22.1. The molecule has 7 heteroatoms. The molecule has 0 aromatic heterocycles. The van der Waals surface area contributed by atoms with Gasteiger partial charge in [0.15, 0.2) is 0 Å². The number of amides is 1. The van der Waals surface area contributed by atoms with Gasteiger partial charge in [-0.2, -0.15) is 0 Å². The summed E-state index contributed by atoms with van der Waals surface area (Å²) in [5.41, 5.74) is 1.12. The van der Waals surface area contributed by atoms with Gasteiger partial charge in [0.2, 0.25) is 0 Å². The number of rotatable bonds is 6. The molecule has 6 nitrogen and oxygen atoms in total. The molecule has 0 atom stereocenters. The zero-order valence-corrected chi connectivity index (χ0v) is 13.2. The highest BCUT2D eigenvalue weighted by Gasteiger charge is 2.14. The third-order valence-electron chi connectivity index (χ3n) is 3.05. The predicted octanol–water partition coefficient (Wildman–Crippen LogP) is 3.37. The molecular formula is C16H15ClN2O4. The normalized spacial score (nSPS) is 10.2. The molecule has 2 aromatic carbocycles. The van der Waals surface area contributed by atoms with Crippen molar-refractivity contribution in [1.82, 2.24) is 5.32 Å². The number of ether oxygens (including phenoxy) is 1. The summed E-state index contributed by atoms with van der Waals surface area (Å²) >= 11 is 5.90. The fourth-order valence-corrected chi connectivity index (χ4v) is 2.20. The van der Waals surface area contributed by atoms with E-state index in [2.05, 4.69) is 5.32 Å². The first-order valence-electron chi connectivity index (χ1n) is 6.89. The maximum atomic E-state index is 12.0. The Morgan fingerprint density at radius 1 is 1.30 bits per heavy atom. The molecule has 0 aliphatic carbocycles. The minimum atomic E-state index is -0.566. The molecule has 0 saturated carbocycles. The standard InChI is InChI=1S/C16H15ClN2O4/c1-11-3-2-4-13(9-11)23-8-7-18-16(20)14-6-5-12(19(21)22)10-15(14)17/h2-6,9-10H,7-8H2,1H3,(H,18,20). The first-order chi connectivity index (χ1) is 11.0. The zero-order valence-electron chi connectivity index (χ0n) is 12.4. The minimum Gasteiger partial charge on any atom is -0.492 e. The lowest BCUT2D eigenvalue weighted by Crippen LogP contribution is -2.28. The van der Waals surface area contributed by atoms with Crippen molar-refractivity contribution in [2.45, 2.75) is 6.92 Å². The number of nitrogens with zero attached hydrogens (tertiary/aromatic N) is 1. The molecular weight excluding hydrogens is 320 g/mol. The molecule has 1 amide bonds. The highest BCUT2D eigenvalue weighted by Crippen LogP contribution is 2.22. The van der Waals surface area contributed by atoms with Crippen LogP contribution in [-0.4, -0.2) is 24.0 Å². The Labute approximate surface area is 138 Å². The lowest BCUT2D eigenvalue weighted by molar-refractivity contribution is -0.384. The van der Waals surface area contributed by atoms with E-state index in [-0.39, 0.29) is 16.3 Å². The zero-order chi connectivity index (χ0) is 16.8. The molecule has 0 aliphatic heterocycles. The van der Waals surface area contributed by atoms with Gasteiger partial charge in [0, 0.05) is 12.1 Å². The Hall–Kier alpha value is -2.60. The molecule has 0 fully saturated rings. The van der Waals surface area contributed by atoms with Crippen molar-refractivity contribution in [1.29, 1.82) is 0 Å². The summed E-state index contributed by atoms with van der Waals surface area (Å²) in [5.74, 6) is 0.324. The molecule has 23 heavy (non-hydrogen) atoms. The van der Waals surface area contributed by atoms with Gasteiger partial charge in [-0.25, -0.2) is 0 Å². The first kappa shape index (κ1) is 16.8. The summed E-state index contributed by atoms with van der Waals surface area (Å²) in [7, 11) is 0. The molecule has 0 spiro atoms. The third kappa shape index (κ3) is 4.69. The quantitative estimate of drug-likeness (QED) is 0.499. The molecule has 1 N–H and O–H groups in total. The monoisotopic (exact) mass is 334 g/mol. The van der Waals surface area contributed by atoms with Gasteiger partial charge in [0.25, 0.3) is 11.6 Å². The van der Waals surface area contributed by atoms with Gasteiger partial charge in [-0.15, -0.1) is 0 Å². The van der Waals surface area contributed by atoms with Crippen LogP contribution in [-0.2, 0) is 0 Å². The number of carbonyl (C=O) groups excluding carboxylic acids is 1. The number of hydrogen-bond donors (Lipinski definition) is 1. The van der Waals surface area contributed by atoms with Crippen LogP contribution in [0, 0.1) is 17.0 Å². The number of non-ortho nitro benzene ring substituents is 1. The van der Waals surface area contributed by atoms with E-state index in [1.54, 1.807) is 0 Å². The van der Waals surface area contributed by atoms with Crippen molar-refractivity contribution in [3.05, 3.63) is 68.7 Å². The van der Waals surface area contributed by atoms with Crippen LogP contribution in [0.3, 0.4) is 0 Å². The highest BCUT2D eigenvalue weighted by molar-refractivity contribution is 6.34. The van der Waals surface area contributed by atoms with Crippen molar-refractivity contribution >= 4 is 23.2 Å². The maximum absolute atomic E-state index is 12.0. The van der Waals surface area contributed by atoms with Crippen LogP contribution in [0.1, 0.15) is 15.9 Å². The van der Waals surface area contributed by atoms with Crippen molar-refractivity contribution < 1.29 is 14.5 Å². The van der Waals surface area contributed by atoms with Crippen LogP contribution in [0.5, 0.6) is 5.75 Å². The Balaban J connectivity index is 1.86. The topological polar surface area (TPSA) is 81.5 Å². The number of halogens is 1. The van der Waals surface area contributed by atoms with Gasteiger partial charge in [-0.3, -0.25) is 14.9 Å². The average Bonchev–Trinajstić information content (AvgIpc) is 2.51. The Morgan fingerprint density at radius 3 is 2.74 bits per heavy atom. The molecule has 0 saturated heterocycles. The van der Waals surface area contributed by atoms with E-state index in [9.17, 15) is 14.9 Å². The molecule has 0 heterocycles. The number of benzene rings is 2. The molecule has 2 rings (SSSR count). The van der Waals surface area contributed by atoms with Crippen LogP contribution in [0.4, 0.5) is 5.69 Å². The summed E-state index contributed by atoms with van der Waals surface area (Å²) in [6, 6.07) is 11.3. The molecule has 2 aromatic rings. The van der Waals surface area contributed by atoms with Crippen LogP contribution < -0.4 is 10.1 Å². The van der Waals surface area contributed by atoms with Gasteiger partial charge in [-0.05, 0) is 30.7 Å². The van der Waals surface area contributed by atoms with Gasteiger partial charge in [-0.1, -0.05) is 23.7 Å². The highest BCUT2D eigenvalue weighted by atomic mass is 35.5. The number of carbonyl (C=O) groups is 1. The first-order valence-corrected chi connectivity index (χ1v) is 7.27. The smallest absolute Gasteiger partial charge is 0.270 e. The van der Waals surface area contributed by atoms with E-state index in [0.29, 0.717) is 13.2 Å². The number of nitrogens with one attached hydrogen (secondary N) is 1. The van der Waals surface area contributed by atoms with E-state index < -0.39 is 10.8 Å². The number of aryl methyl sites for hydroxylation is 1. The van der Waals surface area contributed by atoms with Crippen LogP contribution in [0.25, 0.3) is 0 Å². The lowest BCUT2D eigenvalue weighted by atomic mass is 10.2. The lowest BCUT2D eigenvalue weighted by Gasteiger charge is -2.09. The Kier molecular flexibility index (Phi) is 5.54. The Morgan fingerprint density at radius 2 is 2.09 bits per heavy atom.